The van der Waals surface area contributed by atoms with Crippen LogP contribution in [0.2, 0.25) is 0 Å². The summed E-state index contributed by atoms with van der Waals surface area (Å²) in [5, 5.41) is 1.02. The largest absolute Gasteiger partial charge is 0.465 e. The first-order chi connectivity index (χ1) is 8.53. The van der Waals surface area contributed by atoms with E-state index in [2.05, 4.69) is 0 Å². The van der Waals surface area contributed by atoms with Crippen molar-refractivity contribution in [2.24, 2.45) is 0 Å². The van der Waals surface area contributed by atoms with Crippen LogP contribution in [0.15, 0.2) is 10.3 Å². The molecule has 0 N–H and O–H groups in total. The van der Waals surface area contributed by atoms with Crippen LogP contribution in [0.5, 0.6) is 0 Å². The summed E-state index contributed by atoms with van der Waals surface area (Å²) in [5.41, 5.74) is 0.110. The van der Waals surface area contributed by atoms with Gasteiger partial charge >= 0.3 is 5.97 Å². The van der Waals surface area contributed by atoms with Crippen molar-refractivity contribution in [1.29, 1.82) is 0 Å². The van der Waals surface area contributed by atoms with Crippen LogP contribution >= 0.6 is 11.3 Å². The number of carbonyl (C=O) groups is 1. The van der Waals surface area contributed by atoms with E-state index in [4.69, 9.17) is 4.74 Å². The number of ether oxygens (including phenoxy) is 1. The molecule has 0 fully saturated rings. The third-order valence-electron chi connectivity index (χ3n) is 2.81. The number of hydrogen-bond acceptors (Lipinski definition) is 5. The first-order valence-electron chi connectivity index (χ1n) is 5.97. The van der Waals surface area contributed by atoms with Crippen molar-refractivity contribution < 1.29 is 17.9 Å². The zero-order chi connectivity index (χ0) is 15.0. The Kier molecular flexibility index (Phi) is 4.47. The lowest BCUT2D eigenvalue weighted by molar-refractivity contribution is 0.0603. The Morgan fingerprint density at radius 2 is 1.84 bits per heavy atom. The molecular formula is C13H20O4S2. The van der Waals surface area contributed by atoms with Gasteiger partial charge in [0.05, 0.1) is 17.3 Å². The van der Waals surface area contributed by atoms with Crippen molar-refractivity contribution in [2.45, 2.75) is 50.2 Å². The first-order valence-corrected chi connectivity index (χ1v) is 8.40. The van der Waals surface area contributed by atoms with E-state index in [1.165, 1.54) is 7.11 Å². The van der Waals surface area contributed by atoms with Crippen LogP contribution in [-0.4, -0.2) is 26.7 Å². The third-order valence-corrected chi connectivity index (χ3v) is 6.09. The minimum atomic E-state index is -3.41. The van der Waals surface area contributed by atoms with Crippen LogP contribution in [0.3, 0.4) is 0 Å². The van der Waals surface area contributed by atoms with Crippen molar-refractivity contribution >= 4 is 27.1 Å². The van der Waals surface area contributed by atoms with E-state index in [-0.39, 0.29) is 4.90 Å². The molecule has 0 spiro atoms. The molecule has 19 heavy (non-hydrogen) atoms. The molecule has 0 aliphatic carbocycles. The van der Waals surface area contributed by atoms with Gasteiger partial charge < -0.3 is 4.74 Å². The van der Waals surface area contributed by atoms with Gasteiger partial charge in [0.15, 0.2) is 9.84 Å². The highest BCUT2D eigenvalue weighted by Gasteiger charge is 2.34. The van der Waals surface area contributed by atoms with Gasteiger partial charge in [-0.05, 0) is 19.3 Å². The maximum absolute atomic E-state index is 12.4. The molecule has 0 atom stereocenters. The van der Waals surface area contributed by atoms with Gasteiger partial charge in [-0.3, -0.25) is 0 Å². The molecular weight excluding hydrogens is 284 g/mol. The lowest BCUT2D eigenvalue weighted by Crippen LogP contribution is -2.22. The van der Waals surface area contributed by atoms with Crippen LogP contribution in [0.1, 0.15) is 49.9 Å². The van der Waals surface area contributed by atoms with Gasteiger partial charge in [0.25, 0.3) is 0 Å². The second kappa shape index (κ2) is 5.25. The standard InChI is InChI=1S/C13H20O4S2/c1-8(2)19(15,16)9-7-18-11(12(14)17-6)10(9)13(3,4)5/h7-8H,1-6H3. The SMILES string of the molecule is COC(=O)c1scc(S(=O)(=O)C(C)C)c1C(C)(C)C. The molecule has 0 aliphatic heterocycles. The van der Waals surface area contributed by atoms with E-state index >= 15 is 0 Å². The lowest BCUT2D eigenvalue weighted by atomic mass is 9.87. The second-order valence-corrected chi connectivity index (χ2v) is 8.99. The fourth-order valence-electron chi connectivity index (χ4n) is 1.76. The Morgan fingerprint density at radius 3 is 2.21 bits per heavy atom. The molecule has 0 aromatic carbocycles. The Bertz CT molecular complexity index is 574. The molecule has 0 radical (unpaired) electrons. The van der Waals surface area contributed by atoms with Crippen molar-refractivity contribution in [3.05, 3.63) is 15.8 Å². The summed E-state index contributed by atoms with van der Waals surface area (Å²) < 4.78 is 29.5. The zero-order valence-electron chi connectivity index (χ0n) is 12.1. The fourth-order valence-corrected chi connectivity index (χ4v) is 4.76. The van der Waals surface area contributed by atoms with Crippen LogP contribution in [-0.2, 0) is 20.0 Å². The van der Waals surface area contributed by atoms with Gasteiger partial charge in [0, 0.05) is 10.9 Å². The number of hydrogen-bond donors (Lipinski definition) is 0. The molecule has 0 saturated heterocycles. The molecule has 1 heterocycles. The van der Waals surface area contributed by atoms with Gasteiger partial charge in [0.2, 0.25) is 0 Å². The summed E-state index contributed by atoms with van der Waals surface area (Å²) in [6.07, 6.45) is 0. The van der Waals surface area contributed by atoms with Crippen molar-refractivity contribution in [3.63, 3.8) is 0 Å². The Morgan fingerprint density at radius 1 is 1.32 bits per heavy atom. The summed E-state index contributed by atoms with van der Waals surface area (Å²) in [6, 6.07) is 0. The van der Waals surface area contributed by atoms with E-state index in [9.17, 15) is 13.2 Å². The van der Waals surface area contributed by atoms with Crippen molar-refractivity contribution in [3.8, 4) is 0 Å². The van der Waals surface area contributed by atoms with Crippen LogP contribution in [0, 0.1) is 0 Å². The van der Waals surface area contributed by atoms with Crippen LogP contribution in [0.4, 0.5) is 0 Å². The molecule has 1 aromatic rings. The topological polar surface area (TPSA) is 60.4 Å². The second-order valence-electron chi connectivity index (χ2n) is 5.64. The van der Waals surface area contributed by atoms with E-state index < -0.39 is 26.5 Å². The lowest BCUT2D eigenvalue weighted by Gasteiger charge is -2.22. The van der Waals surface area contributed by atoms with E-state index in [0.29, 0.717) is 10.4 Å². The maximum Gasteiger partial charge on any atom is 0.348 e. The van der Waals surface area contributed by atoms with Crippen LogP contribution in [0.25, 0.3) is 0 Å². The first kappa shape index (κ1) is 16.2. The Balaban J connectivity index is 3.62. The van der Waals surface area contributed by atoms with E-state index in [0.717, 1.165) is 11.3 Å². The number of rotatable bonds is 3. The highest BCUT2D eigenvalue weighted by atomic mass is 32.2. The maximum atomic E-state index is 12.4. The highest BCUT2D eigenvalue weighted by molar-refractivity contribution is 7.92. The Hall–Kier alpha value is -0.880. The molecule has 0 aliphatic rings. The van der Waals surface area contributed by atoms with Gasteiger partial charge in [-0.25, -0.2) is 13.2 Å². The molecule has 1 rings (SSSR count). The smallest absolute Gasteiger partial charge is 0.348 e. The van der Waals surface area contributed by atoms with E-state index in [1.807, 2.05) is 20.8 Å². The molecule has 0 unspecified atom stereocenters. The van der Waals surface area contributed by atoms with Gasteiger partial charge in [0.1, 0.15) is 4.88 Å². The average Bonchev–Trinajstić information content (AvgIpc) is 2.72. The molecule has 0 bridgehead atoms. The van der Waals surface area contributed by atoms with Crippen LogP contribution < -0.4 is 0 Å². The van der Waals surface area contributed by atoms with Gasteiger partial charge in [-0.1, -0.05) is 20.8 Å². The predicted octanol–water partition coefficient (Wildman–Crippen LogP) is 3.01. The van der Waals surface area contributed by atoms with Gasteiger partial charge in [-0.2, -0.15) is 0 Å². The molecule has 0 amide bonds. The minimum absolute atomic E-state index is 0.250. The number of esters is 1. The fraction of sp³-hybridized carbons (Fsp3) is 0.615. The molecule has 6 heteroatoms. The summed E-state index contributed by atoms with van der Waals surface area (Å²) in [5.74, 6) is -0.486. The molecule has 0 saturated carbocycles. The third kappa shape index (κ3) is 3.00. The quantitative estimate of drug-likeness (QED) is 0.805. The number of sulfone groups is 1. The summed E-state index contributed by atoms with van der Waals surface area (Å²) >= 11 is 1.13. The Labute approximate surface area is 118 Å². The summed E-state index contributed by atoms with van der Waals surface area (Å²) in [7, 11) is -2.11. The highest BCUT2D eigenvalue weighted by Crippen LogP contribution is 2.38. The number of thiophene rings is 1. The number of methoxy groups -OCH3 is 1. The van der Waals surface area contributed by atoms with Gasteiger partial charge in [-0.15, -0.1) is 11.3 Å². The summed E-state index contributed by atoms with van der Waals surface area (Å²) in [6.45, 7) is 8.94. The van der Waals surface area contributed by atoms with Crippen molar-refractivity contribution in [2.75, 3.05) is 7.11 Å². The number of carbonyl (C=O) groups excluding carboxylic acids is 1. The monoisotopic (exact) mass is 304 g/mol. The molecule has 108 valence electrons. The molecule has 4 nitrogen and oxygen atoms in total. The zero-order valence-corrected chi connectivity index (χ0v) is 13.7. The predicted molar refractivity (Wildman–Crippen MR) is 76.7 cm³/mol. The van der Waals surface area contributed by atoms with Crippen molar-refractivity contribution in [1.82, 2.24) is 0 Å². The average molecular weight is 304 g/mol. The summed E-state index contributed by atoms with van der Waals surface area (Å²) in [4.78, 5) is 12.4. The minimum Gasteiger partial charge on any atom is -0.465 e. The normalized spacial score (nSPS) is 12.8. The molecule has 1 aromatic heterocycles. The van der Waals surface area contributed by atoms with E-state index in [1.54, 1.807) is 19.2 Å².